The van der Waals surface area contributed by atoms with Crippen LogP contribution in [0.2, 0.25) is 0 Å². The van der Waals surface area contributed by atoms with Gasteiger partial charge in [-0.2, -0.15) is 5.10 Å². The monoisotopic (exact) mass is 151 g/mol. The van der Waals surface area contributed by atoms with Crippen molar-refractivity contribution in [3.8, 4) is 0 Å². The molecule has 1 unspecified atom stereocenters. The zero-order valence-corrected chi connectivity index (χ0v) is 6.75. The van der Waals surface area contributed by atoms with E-state index in [4.69, 9.17) is 0 Å². The normalized spacial score (nSPS) is 23.2. The van der Waals surface area contributed by atoms with Crippen molar-refractivity contribution in [2.75, 3.05) is 6.54 Å². The van der Waals surface area contributed by atoms with Gasteiger partial charge in [0, 0.05) is 12.7 Å². The average molecular weight is 151 g/mol. The highest BCUT2D eigenvalue weighted by Crippen LogP contribution is 2.21. The molecule has 3 nitrogen and oxygen atoms in total. The first-order valence-electron chi connectivity index (χ1n) is 4.17. The lowest BCUT2D eigenvalue weighted by atomic mass is 10.0. The third-order valence-corrected chi connectivity index (χ3v) is 2.23. The van der Waals surface area contributed by atoms with Crippen LogP contribution in [0.25, 0.3) is 0 Å². The van der Waals surface area contributed by atoms with Crippen molar-refractivity contribution < 1.29 is 0 Å². The molecule has 1 aromatic rings. The van der Waals surface area contributed by atoms with Crippen LogP contribution in [0.3, 0.4) is 0 Å². The Hall–Kier alpha value is -0.830. The van der Waals surface area contributed by atoms with Crippen LogP contribution >= 0.6 is 0 Å². The van der Waals surface area contributed by atoms with E-state index in [1.54, 1.807) is 0 Å². The van der Waals surface area contributed by atoms with Crippen molar-refractivity contribution in [3.63, 3.8) is 0 Å². The van der Waals surface area contributed by atoms with E-state index in [0.29, 0.717) is 6.04 Å². The fourth-order valence-corrected chi connectivity index (χ4v) is 1.44. The molecule has 1 aliphatic heterocycles. The molecule has 11 heavy (non-hydrogen) atoms. The van der Waals surface area contributed by atoms with Crippen LogP contribution in [0, 0.1) is 0 Å². The number of aromatic nitrogens is 2. The van der Waals surface area contributed by atoms with Gasteiger partial charge in [-0.05, 0) is 26.0 Å². The van der Waals surface area contributed by atoms with Crippen LogP contribution in [0.15, 0.2) is 12.3 Å². The minimum absolute atomic E-state index is 0.567. The highest BCUT2D eigenvalue weighted by Gasteiger charge is 2.21. The lowest BCUT2D eigenvalue weighted by molar-refractivity contribution is 0.358. The lowest BCUT2D eigenvalue weighted by Crippen LogP contribution is -2.36. The summed E-state index contributed by atoms with van der Waals surface area (Å²) in [6.07, 6.45) is 3.13. The number of nitrogens with zero attached hydrogens (tertiary/aromatic N) is 2. The molecule has 1 atom stereocenters. The summed E-state index contributed by atoms with van der Waals surface area (Å²) in [5.74, 6) is 0. The van der Waals surface area contributed by atoms with Crippen molar-refractivity contribution in [1.82, 2.24) is 15.1 Å². The first-order valence-corrected chi connectivity index (χ1v) is 4.17. The molecule has 2 rings (SSSR count). The third kappa shape index (κ3) is 1.05. The Morgan fingerprint density at radius 1 is 1.82 bits per heavy atom. The summed E-state index contributed by atoms with van der Waals surface area (Å²) < 4.78 is 2.05. The molecule has 2 heterocycles. The number of hydrogen-bond donors (Lipinski definition) is 1. The van der Waals surface area contributed by atoms with E-state index in [0.717, 1.165) is 13.1 Å². The second-order valence-corrected chi connectivity index (χ2v) is 2.87. The molecule has 0 radical (unpaired) electrons. The molecule has 0 amide bonds. The van der Waals surface area contributed by atoms with Gasteiger partial charge in [0.15, 0.2) is 0 Å². The molecule has 0 spiro atoms. The summed E-state index contributed by atoms with van der Waals surface area (Å²) in [7, 11) is 0. The number of aryl methyl sites for hydroxylation is 1. The Balaban J connectivity index is 2.20. The Labute approximate surface area is 66.4 Å². The highest BCUT2D eigenvalue weighted by molar-refractivity contribution is 5.09. The van der Waals surface area contributed by atoms with Gasteiger partial charge in [0.05, 0.1) is 11.7 Å². The van der Waals surface area contributed by atoms with Crippen LogP contribution in [-0.4, -0.2) is 16.3 Å². The summed E-state index contributed by atoms with van der Waals surface area (Å²) >= 11 is 0. The maximum absolute atomic E-state index is 4.21. The van der Waals surface area contributed by atoms with Crippen molar-refractivity contribution in [2.45, 2.75) is 25.9 Å². The Bertz CT molecular complexity index is 237. The minimum Gasteiger partial charge on any atom is -0.309 e. The van der Waals surface area contributed by atoms with E-state index in [2.05, 4.69) is 28.1 Å². The van der Waals surface area contributed by atoms with E-state index in [9.17, 15) is 0 Å². The van der Waals surface area contributed by atoms with Crippen molar-refractivity contribution >= 4 is 0 Å². The fraction of sp³-hybridized carbons (Fsp3) is 0.625. The molecule has 1 N–H and O–H groups in total. The van der Waals surface area contributed by atoms with Crippen molar-refractivity contribution in [1.29, 1.82) is 0 Å². The molecule has 1 saturated heterocycles. The van der Waals surface area contributed by atoms with Crippen LogP contribution in [0.5, 0.6) is 0 Å². The molecule has 0 bridgehead atoms. The van der Waals surface area contributed by atoms with Gasteiger partial charge in [0.1, 0.15) is 0 Å². The van der Waals surface area contributed by atoms with Crippen LogP contribution in [0.1, 0.15) is 25.1 Å². The standard InChI is InChI=1S/C8H13N3/c1-2-11-8(4-6-10-11)7-3-5-9-7/h4,6-7,9H,2-3,5H2,1H3. The van der Waals surface area contributed by atoms with Crippen molar-refractivity contribution in [2.24, 2.45) is 0 Å². The molecule has 1 aromatic heterocycles. The van der Waals surface area contributed by atoms with E-state index in [1.165, 1.54) is 12.1 Å². The molecule has 0 aromatic carbocycles. The summed E-state index contributed by atoms with van der Waals surface area (Å²) in [5.41, 5.74) is 1.33. The number of rotatable bonds is 2. The van der Waals surface area contributed by atoms with Gasteiger partial charge in [-0.15, -0.1) is 0 Å². The zero-order valence-electron chi connectivity index (χ0n) is 6.75. The second kappa shape index (κ2) is 2.66. The van der Waals surface area contributed by atoms with Gasteiger partial charge in [0.2, 0.25) is 0 Å². The van der Waals surface area contributed by atoms with E-state index in [1.807, 2.05) is 6.20 Å². The minimum atomic E-state index is 0.567. The summed E-state index contributed by atoms with van der Waals surface area (Å²) in [6, 6.07) is 2.66. The van der Waals surface area contributed by atoms with Gasteiger partial charge in [-0.3, -0.25) is 4.68 Å². The molecular formula is C8H13N3. The zero-order chi connectivity index (χ0) is 7.68. The van der Waals surface area contributed by atoms with Gasteiger partial charge >= 0.3 is 0 Å². The average Bonchev–Trinajstić information content (AvgIpc) is 2.32. The van der Waals surface area contributed by atoms with E-state index < -0.39 is 0 Å². The quantitative estimate of drug-likeness (QED) is 0.681. The van der Waals surface area contributed by atoms with Crippen molar-refractivity contribution in [3.05, 3.63) is 18.0 Å². The van der Waals surface area contributed by atoms with Gasteiger partial charge < -0.3 is 5.32 Å². The topological polar surface area (TPSA) is 29.9 Å². The van der Waals surface area contributed by atoms with Crippen LogP contribution in [-0.2, 0) is 6.54 Å². The molecule has 0 saturated carbocycles. The number of nitrogens with one attached hydrogen (secondary N) is 1. The summed E-state index contributed by atoms with van der Waals surface area (Å²) in [4.78, 5) is 0. The predicted octanol–water partition coefficient (Wildman–Crippen LogP) is 0.937. The largest absolute Gasteiger partial charge is 0.309 e. The SMILES string of the molecule is CCn1nccc1C1CCN1. The third-order valence-electron chi connectivity index (χ3n) is 2.23. The molecular weight excluding hydrogens is 138 g/mol. The Morgan fingerprint density at radius 3 is 3.18 bits per heavy atom. The maximum atomic E-state index is 4.21. The smallest absolute Gasteiger partial charge is 0.0553 e. The van der Waals surface area contributed by atoms with E-state index in [-0.39, 0.29) is 0 Å². The van der Waals surface area contributed by atoms with Gasteiger partial charge in [0.25, 0.3) is 0 Å². The number of hydrogen-bond acceptors (Lipinski definition) is 2. The second-order valence-electron chi connectivity index (χ2n) is 2.87. The lowest BCUT2D eigenvalue weighted by Gasteiger charge is -2.27. The maximum Gasteiger partial charge on any atom is 0.0553 e. The van der Waals surface area contributed by atoms with Crippen LogP contribution in [0.4, 0.5) is 0 Å². The summed E-state index contributed by atoms with van der Waals surface area (Å²) in [6.45, 7) is 4.25. The highest BCUT2D eigenvalue weighted by atomic mass is 15.3. The molecule has 0 aliphatic carbocycles. The summed E-state index contributed by atoms with van der Waals surface area (Å²) in [5, 5.41) is 7.58. The molecule has 3 heteroatoms. The van der Waals surface area contributed by atoms with Gasteiger partial charge in [-0.25, -0.2) is 0 Å². The molecule has 1 aliphatic rings. The molecule has 1 fully saturated rings. The first kappa shape index (κ1) is 6.85. The fourth-order valence-electron chi connectivity index (χ4n) is 1.44. The van der Waals surface area contributed by atoms with Gasteiger partial charge in [-0.1, -0.05) is 0 Å². The van der Waals surface area contributed by atoms with Crippen LogP contribution < -0.4 is 5.32 Å². The first-order chi connectivity index (χ1) is 5.42. The van der Waals surface area contributed by atoms with E-state index >= 15 is 0 Å². The molecule has 60 valence electrons. The predicted molar refractivity (Wildman–Crippen MR) is 43.3 cm³/mol. The Morgan fingerprint density at radius 2 is 2.64 bits per heavy atom. The Kier molecular flexibility index (Phi) is 1.66.